The van der Waals surface area contributed by atoms with Crippen molar-refractivity contribution in [1.82, 2.24) is 24.0 Å². The highest BCUT2D eigenvalue weighted by Crippen LogP contribution is 2.26. The van der Waals surface area contributed by atoms with Crippen LogP contribution < -0.4 is 4.74 Å². The highest BCUT2D eigenvalue weighted by molar-refractivity contribution is 5.27. The third-order valence-electron chi connectivity index (χ3n) is 5.24. The predicted molar refractivity (Wildman–Crippen MR) is 105 cm³/mol. The molecule has 0 radical (unpaired) electrons. The molecule has 27 heavy (non-hydrogen) atoms. The second kappa shape index (κ2) is 8.39. The third-order valence-corrected chi connectivity index (χ3v) is 5.24. The summed E-state index contributed by atoms with van der Waals surface area (Å²) in [5.74, 6) is 2.66. The van der Waals surface area contributed by atoms with Gasteiger partial charge in [-0.3, -0.25) is 4.90 Å². The van der Waals surface area contributed by atoms with Crippen LogP contribution in [-0.2, 0) is 20.1 Å². The van der Waals surface area contributed by atoms with Crippen molar-refractivity contribution in [3.05, 3.63) is 66.8 Å². The minimum absolute atomic E-state index is 0.532. The fourth-order valence-electron chi connectivity index (χ4n) is 3.82. The Morgan fingerprint density at radius 2 is 2.04 bits per heavy atom. The molecule has 0 N–H and O–H groups in total. The number of nitrogens with zero attached hydrogens (tertiary/aromatic N) is 5. The molecule has 1 aromatic carbocycles. The van der Waals surface area contributed by atoms with Gasteiger partial charge >= 0.3 is 0 Å². The topological polar surface area (TPSA) is 48.1 Å². The number of aromatic nitrogens is 4. The SMILES string of the molecule is Cn1ccnc1C1CCCN(Cc2ccc(OCCn3ccnc3)cc2)C1. The van der Waals surface area contributed by atoms with E-state index in [2.05, 4.69) is 50.7 Å². The summed E-state index contributed by atoms with van der Waals surface area (Å²) in [6.45, 7) is 4.67. The molecule has 0 spiro atoms. The van der Waals surface area contributed by atoms with E-state index in [1.807, 2.05) is 29.5 Å². The first-order chi connectivity index (χ1) is 13.3. The highest BCUT2D eigenvalue weighted by atomic mass is 16.5. The summed E-state index contributed by atoms with van der Waals surface area (Å²) < 4.78 is 10.0. The molecule has 1 fully saturated rings. The number of benzene rings is 1. The van der Waals surface area contributed by atoms with Crippen molar-refractivity contribution < 1.29 is 4.74 Å². The Balaban J connectivity index is 1.28. The van der Waals surface area contributed by atoms with Crippen LogP contribution in [-0.4, -0.2) is 43.7 Å². The first-order valence-electron chi connectivity index (χ1n) is 9.65. The first-order valence-corrected chi connectivity index (χ1v) is 9.65. The minimum atomic E-state index is 0.532. The zero-order valence-electron chi connectivity index (χ0n) is 15.9. The van der Waals surface area contributed by atoms with Crippen LogP contribution in [0.1, 0.15) is 30.1 Å². The van der Waals surface area contributed by atoms with Crippen molar-refractivity contribution in [2.75, 3.05) is 19.7 Å². The van der Waals surface area contributed by atoms with Crippen molar-refractivity contribution in [1.29, 1.82) is 0 Å². The lowest BCUT2D eigenvalue weighted by Gasteiger charge is -2.32. The van der Waals surface area contributed by atoms with Gasteiger partial charge in [0.15, 0.2) is 0 Å². The number of rotatable bonds is 7. The van der Waals surface area contributed by atoms with Gasteiger partial charge in [0.05, 0.1) is 12.9 Å². The minimum Gasteiger partial charge on any atom is -0.492 e. The zero-order chi connectivity index (χ0) is 18.5. The van der Waals surface area contributed by atoms with Gasteiger partial charge in [0.2, 0.25) is 0 Å². The summed E-state index contributed by atoms with van der Waals surface area (Å²) >= 11 is 0. The fraction of sp³-hybridized carbons (Fsp3) is 0.429. The first kappa shape index (κ1) is 17.8. The van der Waals surface area contributed by atoms with Crippen molar-refractivity contribution in [2.24, 2.45) is 7.05 Å². The Kier molecular flexibility index (Phi) is 5.53. The van der Waals surface area contributed by atoms with E-state index in [1.165, 1.54) is 24.2 Å². The summed E-state index contributed by atoms with van der Waals surface area (Å²) in [6.07, 6.45) is 11.9. The van der Waals surface area contributed by atoms with E-state index in [0.717, 1.165) is 31.9 Å². The molecule has 0 amide bonds. The molecular weight excluding hydrogens is 338 g/mol. The van der Waals surface area contributed by atoms with E-state index in [-0.39, 0.29) is 0 Å². The fourth-order valence-corrected chi connectivity index (χ4v) is 3.82. The Morgan fingerprint density at radius 1 is 1.15 bits per heavy atom. The van der Waals surface area contributed by atoms with Crippen LogP contribution in [0.15, 0.2) is 55.4 Å². The Morgan fingerprint density at radius 3 is 2.78 bits per heavy atom. The number of piperidine rings is 1. The molecule has 0 saturated carbocycles. The molecule has 0 bridgehead atoms. The van der Waals surface area contributed by atoms with Gasteiger partial charge in [-0.15, -0.1) is 0 Å². The van der Waals surface area contributed by atoms with Gasteiger partial charge in [-0.05, 0) is 37.1 Å². The lowest BCUT2D eigenvalue weighted by atomic mass is 9.96. The monoisotopic (exact) mass is 365 g/mol. The van der Waals surface area contributed by atoms with Crippen LogP contribution in [0.3, 0.4) is 0 Å². The average Bonchev–Trinajstić information content (AvgIpc) is 3.35. The molecule has 0 aliphatic carbocycles. The molecule has 4 rings (SSSR count). The van der Waals surface area contributed by atoms with Crippen molar-refractivity contribution in [2.45, 2.75) is 31.8 Å². The largest absolute Gasteiger partial charge is 0.492 e. The van der Waals surface area contributed by atoms with Crippen LogP contribution in [0, 0.1) is 0 Å². The quantitative estimate of drug-likeness (QED) is 0.646. The predicted octanol–water partition coefficient (Wildman–Crippen LogP) is 3.08. The van der Waals surface area contributed by atoms with Gasteiger partial charge < -0.3 is 13.9 Å². The summed E-state index contributed by atoms with van der Waals surface area (Å²) in [5.41, 5.74) is 1.33. The molecule has 1 atom stereocenters. The Hall–Kier alpha value is -2.60. The maximum Gasteiger partial charge on any atom is 0.119 e. The van der Waals surface area contributed by atoms with Gasteiger partial charge in [0.25, 0.3) is 0 Å². The maximum absolute atomic E-state index is 5.83. The molecule has 2 aromatic heterocycles. The number of likely N-dealkylation sites (tertiary alicyclic amines) is 1. The molecule has 6 nitrogen and oxygen atoms in total. The molecule has 1 unspecified atom stereocenters. The van der Waals surface area contributed by atoms with E-state index in [9.17, 15) is 0 Å². The zero-order valence-corrected chi connectivity index (χ0v) is 15.9. The highest BCUT2D eigenvalue weighted by Gasteiger charge is 2.23. The lowest BCUT2D eigenvalue weighted by molar-refractivity contribution is 0.195. The third kappa shape index (κ3) is 4.57. The number of imidazole rings is 2. The molecule has 142 valence electrons. The maximum atomic E-state index is 5.83. The van der Waals surface area contributed by atoms with Crippen LogP contribution in [0.4, 0.5) is 0 Å². The second-order valence-electron chi connectivity index (χ2n) is 7.26. The smallest absolute Gasteiger partial charge is 0.119 e. The Labute approximate surface area is 160 Å². The van der Waals surface area contributed by atoms with E-state index >= 15 is 0 Å². The summed E-state index contributed by atoms with van der Waals surface area (Å²) in [5, 5.41) is 0. The normalized spacial score (nSPS) is 17.9. The molecule has 6 heteroatoms. The molecular formula is C21H27N5O. The van der Waals surface area contributed by atoms with Crippen molar-refractivity contribution in [3.8, 4) is 5.75 Å². The molecule has 3 heterocycles. The van der Waals surface area contributed by atoms with Crippen molar-refractivity contribution >= 4 is 0 Å². The van der Waals surface area contributed by atoms with Gasteiger partial charge in [0, 0.05) is 50.8 Å². The van der Waals surface area contributed by atoms with E-state index in [0.29, 0.717) is 12.5 Å². The van der Waals surface area contributed by atoms with E-state index in [1.54, 1.807) is 6.20 Å². The van der Waals surface area contributed by atoms with Crippen LogP contribution in [0.5, 0.6) is 5.75 Å². The molecule has 1 aliphatic rings. The van der Waals surface area contributed by atoms with Crippen LogP contribution in [0.2, 0.25) is 0 Å². The van der Waals surface area contributed by atoms with E-state index < -0.39 is 0 Å². The lowest BCUT2D eigenvalue weighted by Crippen LogP contribution is -2.34. The average molecular weight is 365 g/mol. The number of ether oxygens (including phenoxy) is 1. The van der Waals surface area contributed by atoms with Crippen LogP contribution in [0.25, 0.3) is 0 Å². The van der Waals surface area contributed by atoms with E-state index in [4.69, 9.17) is 4.74 Å². The summed E-state index contributed by atoms with van der Waals surface area (Å²) in [6, 6.07) is 8.50. The Bertz CT molecular complexity index is 825. The van der Waals surface area contributed by atoms with Gasteiger partial charge in [0.1, 0.15) is 18.2 Å². The summed E-state index contributed by atoms with van der Waals surface area (Å²) in [7, 11) is 2.09. The van der Waals surface area contributed by atoms with Crippen molar-refractivity contribution in [3.63, 3.8) is 0 Å². The standard InChI is InChI=1S/C21H27N5O/c1-24-11-9-23-21(24)19-3-2-10-26(16-19)15-18-4-6-20(7-5-18)27-14-13-25-12-8-22-17-25/h4-9,11-12,17,19H,2-3,10,13-16H2,1H3. The molecule has 3 aromatic rings. The number of aryl methyl sites for hydroxylation is 1. The van der Waals surface area contributed by atoms with Gasteiger partial charge in [-0.25, -0.2) is 9.97 Å². The number of hydrogen-bond acceptors (Lipinski definition) is 4. The number of hydrogen-bond donors (Lipinski definition) is 0. The summed E-state index contributed by atoms with van der Waals surface area (Å²) in [4.78, 5) is 11.1. The molecule has 1 saturated heterocycles. The van der Waals surface area contributed by atoms with Gasteiger partial charge in [-0.2, -0.15) is 0 Å². The van der Waals surface area contributed by atoms with Crippen LogP contribution >= 0.6 is 0 Å². The van der Waals surface area contributed by atoms with Gasteiger partial charge in [-0.1, -0.05) is 12.1 Å². The second-order valence-corrected chi connectivity index (χ2v) is 7.26. The molecule has 1 aliphatic heterocycles.